The third-order valence-electron chi connectivity index (χ3n) is 0.784. The molecule has 1 N–H and O–H groups in total. The van der Waals surface area contributed by atoms with E-state index in [4.69, 9.17) is 11.6 Å². The Labute approximate surface area is 62.2 Å². The van der Waals surface area contributed by atoms with E-state index < -0.39 is 0 Å². The van der Waals surface area contributed by atoms with Gasteiger partial charge < -0.3 is 5.32 Å². The van der Waals surface area contributed by atoms with E-state index in [2.05, 4.69) is 12.2 Å². The third kappa shape index (κ3) is 6.54. The van der Waals surface area contributed by atoms with Crippen LogP contribution in [0.1, 0.15) is 20.3 Å². The van der Waals surface area contributed by atoms with Crippen LogP contribution in [0.15, 0.2) is 0 Å². The molecule has 0 aliphatic rings. The molecule has 0 spiro atoms. The number of rotatable bonds is 3. The summed E-state index contributed by atoms with van der Waals surface area (Å²) < 4.78 is 0. The maximum absolute atomic E-state index is 5.65. The van der Waals surface area contributed by atoms with Crippen molar-refractivity contribution in [3.8, 4) is 0 Å². The molecule has 1 nitrogen and oxygen atoms in total. The Kier molecular flexibility index (Phi) is 10.7. The van der Waals surface area contributed by atoms with Gasteiger partial charge in [0.25, 0.3) is 0 Å². The van der Waals surface area contributed by atoms with Crippen LogP contribution < -0.4 is 5.32 Å². The molecule has 8 heavy (non-hydrogen) atoms. The molecule has 3 heteroatoms. The van der Waals surface area contributed by atoms with Gasteiger partial charge in [0.05, 0.1) is 5.50 Å². The molecule has 52 valence electrons. The molecule has 0 aliphatic heterocycles. The largest absolute Gasteiger partial charge is 0.302 e. The second-order valence-electron chi connectivity index (χ2n) is 1.43. The smallest absolute Gasteiger partial charge is 0.0822 e. The quantitative estimate of drug-likeness (QED) is 0.489. The Bertz CT molecular complexity index is 41.4. The SMILES string of the molecule is CCNC(Cl)CC.Cl. The fourth-order valence-electron chi connectivity index (χ4n) is 0.366. The van der Waals surface area contributed by atoms with Gasteiger partial charge in [-0.15, -0.1) is 24.0 Å². The van der Waals surface area contributed by atoms with E-state index in [-0.39, 0.29) is 17.9 Å². The van der Waals surface area contributed by atoms with Crippen LogP contribution in [0.4, 0.5) is 0 Å². The van der Waals surface area contributed by atoms with Gasteiger partial charge in [0.1, 0.15) is 0 Å². The summed E-state index contributed by atoms with van der Waals surface area (Å²) in [4.78, 5) is 0. The molecular formula is C5H13Cl2N. The van der Waals surface area contributed by atoms with Crippen LogP contribution in [0.5, 0.6) is 0 Å². The summed E-state index contributed by atoms with van der Waals surface area (Å²) in [6, 6.07) is 0. The molecule has 1 atom stereocenters. The number of alkyl halides is 1. The molecule has 0 saturated carbocycles. The molecule has 0 radical (unpaired) electrons. The molecule has 0 amide bonds. The van der Waals surface area contributed by atoms with E-state index in [1.807, 2.05) is 6.92 Å². The normalized spacial score (nSPS) is 12.4. The molecule has 0 fully saturated rings. The topological polar surface area (TPSA) is 12.0 Å². The van der Waals surface area contributed by atoms with E-state index in [0.717, 1.165) is 13.0 Å². The van der Waals surface area contributed by atoms with Crippen LogP contribution in [-0.2, 0) is 0 Å². The van der Waals surface area contributed by atoms with Crippen LogP contribution in [0, 0.1) is 0 Å². The maximum Gasteiger partial charge on any atom is 0.0822 e. The second kappa shape index (κ2) is 7.54. The van der Waals surface area contributed by atoms with Crippen LogP contribution in [0.3, 0.4) is 0 Å². The van der Waals surface area contributed by atoms with Gasteiger partial charge in [0.15, 0.2) is 0 Å². The Morgan fingerprint density at radius 3 is 2.12 bits per heavy atom. The monoisotopic (exact) mass is 157 g/mol. The number of nitrogens with one attached hydrogen (secondary N) is 1. The van der Waals surface area contributed by atoms with Gasteiger partial charge in [0, 0.05) is 0 Å². The van der Waals surface area contributed by atoms with Crippen molar-refractivity contribution < 1.29 is 0 Å². The van der Waals surface area contributed by atoms with E-state index in [0.29, 0.717) is 0 Å². The molecule has 0 aromatic carbocycles. The van der Waals surface area contributed by atoms with Crippen LogP contribution >= 0.6 is 24.0 Å². The minimum atomic E-state index is 0. The molecule has 0 bridgehead atoms. The highest BCUT2D eigenvalue weighted by Gasteiger charge is 1.93. The Morgan fingerprint density at radius 2 is 2.00 bits per heavy atom. The average Bonchev–Trinajstić information content (AvgIpc) is 1.68. The first kappa shape index (κ1) is 11.4. The van der Waals surface area contributed by atoms with E-state index >= 15 is 0 Å². The zero-order chi connectivity index (χ0) is 5.70. The fourth-order valence-corrected chi connectivity index (χ4v) is 0.520. The van der Waals surface area contributed by atoms with Crippen molar-refractivity contribution in [1.29, 1.82) is 0 Å². The predicted molar refractivity (Wildman–Crippen MR) is 40.9 cm³/mol. The van der Waals surface area contributed by atoms with Crippen molar-refractivity contribution in [2.45, 2.75) is 25.8 Å². The summed E-state index contributed by atoms with van der Waals surface area (Å²) in [5.41, 5.74) is 0.171. The lowest BCUT2D eigenvalue weighted by atomic mass is 10.5. The zero-order valence-corrected chi connectivity index (χ0v) is 6.85. The molecular weight excluding hydrogens is 145 g/mol. The van der Waals surface area contributed by atoms with Gasteiger partial charge in [-0.05, 0) is 13.0 Å². The molecule has 0 heterocycles. The fraction of sp³-hybridized carbons (Fsp3) is 1.00. The van der Waals surface area contributed by atoms with Crippen molar-refractivity contribution in [3.05, 3.63) is 0 Å². The van der Waals surface area contributed by atoms with Gasteiger partial charge >= 0.3 is 0 Å². The molecule has 0 aliphatic carbocycles. The van der Waals surface area contributed by atoms with E-state index in [1.165, 1.54) is 0 Å². The molecule has 0 aromatic rings. The van der Waals surface area contributed by atoms with Crippen molar-refractivity contribution in [3.63, 3.8) is 0 Å². The highest BCUT2D eigenvalue weighted by atomic mass is 35.5. The van der Waals surface area contributed by atoms with Crippen molar-refractivity contribution in [1.82, 2.24) is 5.32 Å². The summed E-state index contributed by atoms with van der Waals surface area (Å²) in [5.74, 6) is 0. The van der Waals surface area contributed by atoms with Gasteiger partial charge in [-0.3, -0.25) is 0 Å². The first-order valence-corrected chi connectivity index (χ1v) is 3.12. The molecule has 0 saturated heterocycles. The van der Waals surface area contributed by atoms with Crippen molar-refractivity contribution >= 4 is 24.0 Å². The summed E-state index contributed by atoms with van der Waals surface area (Å²) in [7, 11) is 0. The number of hydrogen-bond acceptors (Lipinski definition) is 1. The molecule has 0 aromatic heterocycles. The van der Waals surface area contributed by atoms with Gasteiger partial charge in [-0.25, -0.2) is 0 Å². The summed E-state index contributed by atoms with van der Waals surface area (Å²) >= 11 is 5.65. The minimum Gasteiger partial charge on any atom is -0.302 e. The highest BCUT2D eigenvalue weighted by molar-refractivity contribution is 6.20. The lowest BCUT2D eigenvalue weighted by molar-refractivity contribution is 0.650. The molecule has 1 unspecified atom stereocenters. The standard InChI is InChI=1S/C5H12ClN.ClH/c1-3-5(6)7-4-2;/h5,7H,3-4H2,1-2H3;1H. The Morgan fingerprint density at radius 1 is 1.50 bits per heavy atom. The first-order chi connectivity index (χ1) is 3.31. The van der Waals surface area contributed by atoms with Gasteiger partial charge in [-0.1, -0.05) is 13.8 Å². The van der Waals surface area contributed by atoms with Crippen molar-refractivity contribution in [2.75, 3.05) is 6.54 Å². The van der Waals surface area contributed by atoms with Crippen molar-refractivity contribution in [2.24, 2.45) is 0 Å². The van der Waals surface area contributed by atoms with E-state index in [9.17, 15) is 0 Å². The van der Waals surface area contributed by atoms with E-state index in [1.54, 1.807) is 0 Å². The van der Waals surface area contributed by atoms with Gasteiger partial charge in [-0.2, -0.15) is 0 Å². The Balaban J connectivity index is 0. The maximum atomic E-state index is 5.65. The lowest BCUT2D eigenvalue weighted by Gasteiger charge is -2.03. The van der Waals surface area contributed by atoms with Crippen LogP contribution in [0.25, 0.3) is 0 Å². The zero-order valence-electron chi connectivity index (χ0n) is 5.28. The van der Waals surface area contributed by atoms with Crippen LogP contribution in [-0.4, -0.2) is 12.0 Å². The lowest BCUT2D eigenvalue weighted by Crippen LogP contribution is -2.21. The number of halogens is 2. The van der Waals surface area contributed by atoms with Gasteiger partial charge in [0.2, 0.25) is 0 Å². The number of hydrogen-bond donors (Lipinski definition) is 1. The third-order valence-corrected chi connectivity index (χ3v) is 1.25. The summed E-state index contributed by atoms with van der Waals surface area (Å²) in [5, 5.41) is 3.06. The predicted octanol–water partition coefficient (Wildman–Crippen LogP) is 1.99. The average molecular weight is 158 g/mol. The summed E-state index contributed by atoms with van der Waals surface area (Å²) in [6.07, 6.45) is 0.995. The summed E-state index contributed by atoms with van der Waals surface area (Å²) in [6.45, 7) is 5.06. The minimum absolute atomic E-state index is 0. The van der Waals surface area contributed by atoms with Crippen LogP contribution in [0.2, 0.25) is 0 Å². The second-order valence-corrected chi connectivity index (χ2v) is 1.96. The Hall–Kier alpha value is 0.540. The first-order valence-electron chi connectivity index (χ1n) is 2.68. The highest BCUT2D eigenvalue weighted by Crippen LogP contribution is 1.93. The molecule has 0 rings (SSSR count).